The number of fused-ring (bicyclic) bond motifs is 4. The summed E-state index contributed by atoms with van der Waals surface area (Å²) in [6.45, 7) is 8.30. The maximum Gasteiger partial charge on any atom is 0.416 e. The lowest BCUT2D eigenvalue weighted by atomic mass is 9.94. The summed E-state index contributed by atoms with van der Waals surface area (Å²) >= 11 is 0. The van der Waals surface area contributed by atoms with E-state index >= 15 is 0 Å². The van der Waals surface area contributed by atoms with Crippen LogP contribution in [0.4, 0.5) is 13.2 Å². The van der Waals surface area contributed by atoms with Crippen LogP contribution < -0.4 is 9.47 Å². The fourth-order valence-electron chi connectivity index (χ4n) is 7.95. The molecular formula is C38H47F3N2O3. The summed E-state index contributed by atoms with van der Waals surface area (Å²) in [6.07, 6.45) is 0.945. The minimum absolute atomic E-state index is 0.0213. The molecule has 4 fully saturated rings. The second-order valence-corrected chi connectivity index (χ2v) is 13.6. The maximum atomic E-state index is 13.1. The van der Waals surface area contributed by atoms with Crippen LogP contribution in [0.3, 0.4) is 0 Å². The molecule has 248 valence electrons. The topological polar surface area (TPSA) is 45.2 Å². The van der Waals surface area contributed by atoms with E-state index in [0.29, 0.717) is 36.0 Å². The van der Waals surface area contributed by atoms with E-state index in [1.807, 2.05) is 13.0 Å². The molecular weight excluding hydrogens is 589 g/mol. The first-order chi connectivity index (χ1) is 22.3. The number of nitrogens with zero attached hydrogens (tertiary/aromatic N) is 2. The van der Waals surface area contributed by atoms with Gasteiger partial charge in [-0.3, -0.25) is 9.80 Å². The van der Waals surface area contributed by atoms with Crippen molar-refractivity contribution in [1.29, 1.82) is 0 Å². The average Bonchev–Trinajstić information content (AvgIpc) is 3.39. The molecule has 2 unspecified atom stereocenters. The normalized spacial score (nSPS) is 27.6. The van der Waals surface area contributed by atoms with Crippen molar-refractivity contribution in [3.63, 3.8) is 0 Å². The van der Waals surface area contributed by atoms with Gasteiger partial charge in [0, 0.05) is 51.1 Å². The molecule has 6 atom stereocenters. The molecule has 2 aliphatic heterocycles. The first-order valence-electron chi connectivity index (χ1n) is 17.0. The van der Waals surface area contributed by atoms with Crippen LogP contribution in [0.2, 0.25) is 0 Å². The van der Waals surface area contributed by atoms with Crippen molar-refractivity contribution in [2.45, 2.75) is 70.5 Å². The molecule has 0 radical (unpaired) electrons. The van der Waals surface area contributed by atoms with E-state index in [1.54, 1.807) is 0 Å². The lowest BCUT2D eigenvalue weighted by molar-refractivity contribution is -0.137. The third kappa shape index (κ3) is 8.07. The first kappa shape index (κ1) is 32.9. The van der Waals surface area contributed by atoms with Gasteiger partial charge in [0.1, 0.15) is 6.10 Å². The molecule has 4 bridgehead atoms. The Labute approximate surface area is 271 Å². The third-order valence-corrected chi connectivity index (χ3v) is 10.2. The van der Waals surface area contributed by atoms with E-state index in [2.05, 4.69) is 64.4 Å². The molecule has 8 heteroatoms. The van der Waals surface area contributed by atoms with Crippen molar-refractivity contribution in [2.24, 2.45) is 23.7 Å². The van der Waals surface area contributed by atoms with Crippen molar-refractivity contribution < 1.29 is 27.8 Å². The van der Waals surface area contributed by atoms with E-state index < -0.39 is 11.7 Å². The van der Waals surface area contributed by atoms with Crippen molar-refractivity contribution in [1.82, 2.24) is 9.80 Å². The van der Waals surface area contributed by atoms with Gasteiger partial charge >= 0.3 is 6.18 Å². The van der Waals surface area contributed by atoms with Gasteiger partial charge in [-0.15, -0.1) is 0 Å². The predicted molar refractivity (Wildman–Crippen MR) is 174 cm³/mol. The van der Waals surface area contributed by atoms with E-state index in [4.69, 9.17) is 9.47 Å². The fourth-order valence-corrected chi connectivity index (χ4v) is 7.95. The number of hydrogen-bond acceptors (Lipinski definition) is 5. The van der Waals surface area contributed by atoms with Gasteiger partial charge in [-0.2, -0.15) is 13.2 Å². The molecule has 2 saturated heterocycles. The number of rotatable bonds is 9. The Morgan fingerprint density at radius 2 is 1.20 bits per heavy atom. The monoisotopic (exact) mass is 636 g/mol. The van der Waals surface area contributed by atoms with Crippen LogP contribution >= 0.6 is 0 Å². The van der Waals surface area contributed by atoms with Crippen molar-refractivity contribution >= 4 is 0 Å². The van der Waals surface area contributed by atoms with E-state index in [9.17, 15) is 18.3 Å². The van der Waals surface area contributed by atoms with Crippen LogP contribution in [0.25, 0.3) is 0 Å². The van der Waals surface area contributed by atoms with Gasteiger partial charge in [0.2, 0.25) is 0 Å². The number of benzene rings is 3. The van der Waals surface area contributed by atoms with Crippen LogP contribution in [-0.4, -0.2) is 59.9 Å². The highest BCUT2D eigenvalue weighted by molar-refractivity contribution is 5.44. The molecule has 3 aromatic carbocycles. The number of alkyl halides is 3. The number of piperidine rings is 2. The number of aliphatic hydroxyl groups excluding tert-OH is 1. The number of ether oxygens (including phenoxy) is 2. The van der Waals surface area contributed by atoms with Crippen LogP contribution in [0.5, 0.6) is 11.5 Å². The fraction of sp³-hybridized carbons (Fsp3) is 0.526. The molecule has 2 saturated carbocycles. The van der Waals surface area contributed by atoms with Crippen LogP contribution in [-0.2, 0) is 19.3 Å². The molecule has 7 rings (SSSR count). The lowest BCUT2D eigenvalue weighted by Gasteiger charge is -2.38. The molecule has 2 aliphatic carbocycles. The molecule has 1 N–H and O–H groups in total. The van der Waals surface area contributed by atoms with Gasteiger partial charge in [0.05, 0.1) is 18.3 Å². The number of likely N-dealkylation sites (tertiary alicyclic amines) is 2. The molecule has 0 amide bonds. The SMILES string of the molecule is CCCOc1cc(C(F)(F)F)ccc1OC1[C@@H]2CC[C@H]1CN(Cc1ccccc1)C2.OC1[C@@H]2CC[C@H]1CN(Cc1ccccc1)C2. The zero-order valence-electron chi connectivity index (χ0n) is 26.7. The maximum absolute atomic E-state index is 13.1. The Balaban J connectivity index is 0.000000194. The predicted octanol–water partition coefficient (Wildman–Crippen LogP) is 7.67. The van der Waals surface area contributed by atoms with Crippen LogP contribution in [0.15, 0.2) is 78.9 Å². The minimum Gasteiger partial charge on any atom is -0.490 e. The molecule has 5 nitrogen and oxygen atoms in total. The van der Waals surface area contributed by atoms with E-state index in [0.717, 1.165) is 70.7 Å². The van der Waals surface area contributed by atoms with E-state index in [-0.39, 0.29) is 18.0 Å². The summed E-state index contributed by atoms with van der Waals surface area (Å²) < 4.78 is 51.3. The summed E-state index contributed by atoms with van der Waals surface area (Å²) in [5.74, 6) is 2.44. The standard InChI is InChI=1S/C24H28F3NO2.C14H19NO/c1-2-12-29-22-13-20(24(25,26)27)10-11-21(22)30-23-18-8-9-19(23)16-28(15-18)14-17-6-4-3-5-7-17;16-14-12-6-7-13(14)10-15(9-12)8-11-4-2-1-3-5-11/h3-7,10-11,13,18-19,23H,2,8-9,12,14-16H2,1H3;1-5,12-14,16H,6-10H2/t18-,19+,23?;12-,13+,14?. The van der Waals surface area contributed by atoms with Crippen LogP contribution in [0.1, 0.15) is 55.7 Å². The first-order valence-corrected chi connectivity index (χ1v) is 17.0. The second-order valence-electron chi connectivity index (χ2n) is 13.6. The van der Waals surface area contributed by atoms with Gasteiger partial charge in [0.25, 0.3) is 0 Å². The Bertz CT molecular complexity index is 1360. The third-order valence-electron chi connectivity index (χ3n) is 10.2. The average molecular weight is 637 g/mol. The zero-order chi connectivity index (χ0) is 32.1. The molecule has 3 aromatic rings. The highest BCUT2D eigenvalue weighted by Crippen LogP contribution is 2.43. The number of hydrogen-bond donors (Lipinski definition) is 1. The minimum atomic E-state index is -4.40. The second kappa shape index (κ2) is 14.8. The highest BCUT2D eigenvalue weighted by Gasteiger charge is 2.44. The van der Waals surface area contributed by atoms with Crippen molar-refractivity contribution in [3.8, 4) is 11.5 Å². The Kier molecular flexibility index (Phi) is 10.6. The molecule has 0 aromatic heterocycles. The quantitative estimate of drug-likeness (QED) is 0.261. The Morgan fingerprint density at radius 3 is 1.70 bits per heavy atom. The molecule has 4 aliphatic rings. The summed E-state index contributed by atoms with van der Waals surface area (Å²) in [6, 6.07) is 24.6. The van der Waals surface area contributed by atoms with Gasteiger partial charge in [-0.1, -0.05) is 67.6 Å². The number of halogens is 3. The van der Waals surface area contributed by atoms with Gasteiger partial charge in [0.15, 0.2) is 11.5 Å². The number of aliphatic hydroxyl groups is 1. The van der Waals surface area contributed by atoms with Crippen LogP contribution in [0, 0.1) is 23.7 Å². The molecule has 0 spiro atoms. The zero-order valence-corrected chi connectivity index (χ0v) is 26.7. The van der Waals surface area contributed by atoms with Gasteiger partial charge in [-0.25, -0.2) is 0 Å². The summed E-state index contributed by atoms with van der Waals surface area (Å²) in [7, 11) is 0. The van der Waals surface area contributed by atoms with Gasteiger partial charge < -0.3 is 14.6 Å². The summed E-state index contributed by atoms with van der Waals surface area (Å²) in [4.78, 5) is 4.98. The van der Waals surface area contributed by atoms with E-state index in [1.165, 1.54) is 30.0 Å². The molecule has 2 heterocycles. The van der Waals surface area contributed by atoms with Gasteiger partial charge in [-0.05, 0) is 73.3 Å². The largest absolute Gasteiger partial charge is 0.490 e. The highest BCUT2D eigenvalue weighted by atomic mass is 19.4. The van der Waals surface area contributed by atoms with Crippen molar-refractivity contribution in [3.05, 3.63) is 95.6 Å². The molecule has 46 heavy (non-hydrogen) atoms. The smallest absolute Gasteiger partial charge is 0.416 e. The van der Waals surface area contributed by atoms with Crippen molar-refractivity contribution in [2.75, 3.05) is 32.8 Å². The summed E-state index contributed by atoms with van der Waals surface area (Å²) in [5, 5.41) is 9.97. The Morgan fingerprint density at radius 1 is 0.696 bits per heavy atom. The Hall–Kier alpha value is -3.07. The lowest BCUT2D eigenvalue weighted by Crippen LogP contribution is -2.46. The summed E-state index contributed by atoms with van der Waals surface area (Å²) in [5.41, 5.74) is 1.98.